The number of thiazole rings is 1. The molecule has 23 heavy (non-hydrogen) atoms. The number of hydrogen-bond acceptors (Lipinski definition) is 5. The minimum atomic E-state index is -0.0107. The molecule has 1 saturated heterocycles. The SMILES string of the molecule is CC1CC(C)CN(CCNC(=O)c2cnc(-c3cccs3)s2)C1. The van der Waals surface area contributed by atoms with Crippen molar-refractivity contribution < 1.29 is 4.79 Å². The molecule has 1 aliphatic heterocycles. The third-order valence-corrected chi connectivity index (χ3v) is 6.15. The summed E-state index contributed by atoms with van der Waals surface area (Å²) in [6.45, 7) is 8.53. The number of likely N-dealkylation sites (tertiary alicyclic amines) is 1. The van der Waals surface area contributed by atoms with Gasteiger partial charge in [0.25, 0.3) is 5.91 Å². The molecule has 0 saturated carbocycles. The van der Waals surface area contributed by atoms with Crippen molar-refractivity contribution in [3.8, 4) is 9.88 Å². The number of thiophene rings is 1. The lowest BCUT2D eigenvalue weighted by molar-refractivity contribution is 0.0940. The maximum atomic E-state index is 12.2. The molecular weight excluding hydrogens is 326 g/mol. The van der Waals surface area contributed by atoms with E-state index in [4.69, 9.17) is 0 Å². The molecule has 3 heterocycles. The first-order valence-electron chi connectivity index (χ1n) is 8.12. The van der Waals surface area contributed by atoms with Crippen LogP contribution < -0.4 is 5.32 Å². The first-order chi connectivity index (χ1) is 11.1. The average Bonchev–Trinajstić information content (AvgIpc) is 3.17. The molecule has 2 unspecified atom stereocenters. The number of nitrogens with one attached hydrogen (secondary N) is 1. The maximum absolute atomic E-state index is 12.2. The number of aromatic nitrogens is 1. The highest BCUT2D eigenvalue weighted by atomic mass is 32.1. The molecule has 0 radical (unpaired) electrons. The average molecular weight is 350 g/mol. The number of nitrogens with zero attached hydrogens (tertiary/aromatic N) is 2. The third-order valence-electron chi connectivity index (χ3n) is 4.12. The molecule has 1 N–H and O–H groups in total. The van der Waals surface area contributed by atoms with E-state index in [1.807, 2.05) is 17.5 Å². The van der Waals surface area contributed by atoms with Gasteiger partial charge in [-0.05, 0) is 29.7 Å². The number of piperidine rings is 1. The van der Waals surface area contributed by atoms with Gasteiger partial charge in [0.15, 0.2) is 0 Å². The molecule has 0 aliphatic carbocycles. The van der Waals surface area contributed by atoms with E-state index in [2.05, 4.69) is 29.0 Å². The number of carbonyl (C=O) groups excluding carboxylic acids is 1. The third kappa shape index (κ3) is 4.40. The van der Waals surface area contributed by atoms with Gasteiger partial charge in [-0.15, -0.1) is 22.7 Å². The summed E-state index contributed by atoms with van der Waals surface area (Å²) in [5, 5.41) is 5.97. The van der Waals surface area contributed by atoms with Gasteiger partial charge in [0.05, 0.1) is 11.1 Å². The molecule has 0 bridgehead atoms. The smallest absolute Gasteiger partial charge is 0.263 e. The highest BCUT2D eigenvalue weighted by molar-refractivity contribution is 7.21. The quantitative estimate of drug-likeness (QED) is 0.897. The first-order valence-corrected chi connectivity index (χ1v) is 9.81. The van der Waals surface area contributed by atoms with Crippen LogP contribution in [0.15, 0.2) is 23.7 Å². The Balaban J connectivity index is 1.48. The van der Waals surface area contributed by atoms with Crippen molar-refractivity contribution >= 4 is 28.6 Å². The van der Waals surface area contributed by atoms with Gasteiger partial charge in [0.1, 0.15) is 9.88 Å². The van der Waals surface area contributed by atoms with E-state index >= 15 is 0 Å². The fourth-order valence-electron chi connectivity index (χ4n) is 3.28. The predicted molar refractivity (Wildman–Crippen MR) is 97.1 cm³/mol. The van der Waals surface area contributed by atoms with E-state index < -0.39 is 0 Å². The van der Waals surface area contributed by atoms with Crippen LogP contribution in [-0.4, -0.2) is 42.0 Å². The Morgan fingerprint density at radius 2 is 2.17 bits per heavy atom. The van der Waals surface area contributed by atoms with E-state index in [1.54, 1.807) is 17.5 Å². The van der Waals surface area contributed by atoms with E-state index in [9.17, 15) is 4.79 Å². The molecule has 4 nitrogen and oxygen atoms in total. The fourth-order valence-corrected chi connectivity index (χ4v) is 4.92. The molecule has 2 aromatic heterocycles. The normalized spacial score (nSPS) is 22.2. The first kappa shape index (κ1) is 16.6. The summed E-state index contributed by atoms with van der Waals surface area (Å²) in [6.07, 6.45) is 3.00. The maximum Gasteiger partial charge on any atom is 0.263 e. The molecule has 1 amide bonds. The summed E-state index contributed by atoms with van der Waals surface area (Å²) in [4.78, 5) is 20.9. The van der Waals surface area contributed by atoms with Gasteiger partial charge in [0.2, 0.25) is 0 Å². The molecule has 3 rings (SSSR count). The van der Waals surface area contributed by atoms with Crippen LogP contribution in [0.4, 0.5) is 0 Å². The molecule has 2 aromatic rings. The van der Waals surface area contributed by atoms with Crippen LogP contribution >= 0.6 is 22.7 Å². The summed E-state index contributed by atoms with van der Waals surface area (Å²) in [5.41, 5.74) is 0. The monoisotopic (exact) mass is 349 g/mol. The molecular formula is C17H23N3OS2. The minimum Gasteiger partial charge on any atom is -0.350 e. The highest BCUT2D eigenvalue weighted by Crippen LogP contribution is 2.28. The zero-order valence-corrected chi connectivity index (χ0v) is 15.3. The minimum absolute atomic E-state index is 0.0107. The molecule has 1 fully saturated rings. The number of hydrogen-bond donors (Lipinski definition) is 1. The van der Waals surface area contributed by atoms with Gasteiger partial charge in [0, 0.05) is 26.2 Å². The molecule has 0 aromatic carbocycles. The van der Waals surface area contributed by atoms with Crippen molar-refractivity contribution in [3.63, 3.8) is 0 Å². The van der Waals surface area contributed by atoms with Crippen molar-refractivity contribution in [1.29, 1.82) is 0 Å². The largest absolute Gasteiger partial charge is 0.350 e. The van der Waals surface area contributed by atoms with Gasteiger partial charge in [-0.25, -0.2) is 4.98 Å². The zero-order valence-electron chi connectivity index (χ0n) is 13.6. The summed E-state index contributed by atoms with van der Waals surface area (Å²) in [7, 11) is 0. The Hall–Kier alpha value is -1.24. The Morgan fingerprint density at radius 1 is 1.39 bits per heavy atom. The molecule has 6 heteroatoms. The van der Waals surface area contributed by atoms with Crippen LogP contribution in [0.2, 0.25) is 0 Å². The lowest BCUT2D eigenvalue weighted by Crippen LogP contribution is -2.42. The Labute approximate surface area is 145 Å². The Bertz CT molecular complexity index is 628. The number of carbonyl (C=O) groups is 1. The van der Waals surface area contributed by atoms with Crippen molar-refractivity contribution in [2.75, 3.05) is 26.2 Å². The summed E-state index contributed by atoms with van der Waals surface area (Å²) < 4.78 is 0. The van der Waals surface area contributed by atoms with Gasteiger partial charge in [-0.2, -0.15) is 0 Å². The lowest BCUT2D eigenvalue weighted by atomic mass is 9.92. The van der Waals surface area contributed by atoms with E-state index in [1.165, 1.54) is 17.8 Å². The Morgan fingerprint density at radius 3 is 2.87 bits per heavy atom. The summed E-state index contributed by atoms with van der Waals surface area (Å²) in [5.74, 6) is 1.50. The second-order valence-electron chi connectivity index (χ2n) is 6.47. The number of rotatable bonds is 5. The van der Waals surface area contributed by atoms with Gasteiger partial charge < -0.3 is 10.2 Å². The summed E-state index contributed by atoms with van der Waals surface area (Å²) in [6, 6.07) is 4.03. The van der Waals surface area contributed by atoms with Gasteiger partial charge in [-0.3, -0.25) is 4.79 Å². The fraction of sp³-hybridized carbons (Fsp3) is 0.529. The van der Waals surface area contributed by atoms with Crippen LogP contribution in [-0.2, 0) is 0 Å². The van der Waals surface area contributed by atoms with Crippen LogP contribution in [0.1, 0.15) is 29.9 Å². The van der Waals surface area contributed by atoms with Crippen LogP contribution in [0.5, 0.6) is 0 Å². The lowest BCUT2D eigenvalue weighted by Gasteiger charge is -2.34. The standard InChI is InChI=1S/C17H23N3OS2/c1-12-8-13(2)11-20(10-12)6-5-18-16(21)15-9-19-17(23-15)14-4-3-7-22-14/h3-4,7,9,12-13H,5-6,8,10-11H2,1-2H3,(H,18,21). The predicted octanol–water partition coefficient (Wildman–Crippen LogP) is 3.58. The molecule has 2 atom stereocenters. The van der Waals surface area contributed by atoms with Gasteiger partial charge in [-0.1, -0.05) is 19.9 Å². The van der Waals surface area contributed by atoms with Crippen molar-refractivity contribution in [3.05, 3.63) is 28.6 Å². The zero-order chi connectivity index (χ0) is 16.2. The second kappa shape index (κ2) is 7.55. The van der Waals surface area contributed by atoms with Crippen molar-refractivity contribution in [2.45, 2.75) is 20.3 Å². The molecule has 0 spiro atoms. The van der Waals surface area contributed by atoms with Gasteiger partial charge >= 0.3 is 0 Å². The number of amides is 1. The highest BCUT2D eigenvalue weighted by Gasteiger charge is 2.21. The Kier molecular flexibility index (Phi) is 5.46. The van der Waals surface area contributed by atoms with Crippen molar-refractivity contribution in [1.82, 2.24) is 15.2 Å². The molecule has 124 valence electrons. The van der Waals surface area contributed by atoms with Crippen LogP contribution in [0.3, 0.4) is 0 Å². The van der Waals surface area contributed by atoms with E-state index in [0.29, 0.717) is 11.4 Å². The second-order valence-corrected chi connectivity index (χ2v) is 8.45. The van der Waals surface area contributed by atoms with E-state index in [0.717, 1.165) is 41.4 Å². The summed E-state index contributed by atoms with van der Waals surface area (Å²) >= 11 is 3.11. The van der Waals surface area contributed by atoms with E-state index in [-0.39, 0.29) is 5.91 Å². The van der Waals surface area contributed by atoms with Crippen LogP contribution in [0, 0.1) is 11.8 Å². The van der Waals surface area contributed by atoms with Crippen molar-refractivity contribution in [2.24, 2.45) is 11.8 Å². The topological polar surface area (TPSA) is 45.2 Å². The molecule has 1 aliphatic rings. The van der Waals surface area contributed by atoms with Crippen LogP contribution in [0.25, 0.3) is 9.88 Å².